The SMILES string of the molecule is CC(=NO)c1csc(NC(=O)CS(C)(=O)=O)n1. The van der Waals surface area contributed by atoms with E-state index in [0.717, 1.165) is 17.6 Å². The Morgan fingerprint density at radius 3 is 2.82 bits per heavy atom. The highest BCUT2D eigenvalue weighted by Gasteiger charge is 2.13. The van der Waals surface area contributed by atoms with Gasteiger partial charge in [-0.15, -0.1) is 11.3 Å². The summed E-state index contributed by atoms with van der Waals surface area (Å²) in [5, 5.41) is 15.7. The normalized spacial score (nSPS) is 12.5. The van der Waals surface area contributed by atoms with Crippen LogP contribution >= 0.6 is 11.3 Å². The van der Waals surface area contributed by atoms with Gasteiger partial charge in [0.1, 0.15) is 17.2 Å². The number of anilines is 1. The Morgan fingerprint density at radius 2 is 2.29 bits per heavy atom. The maximum absolute atomic E-state index is 11.3. The van der Waals surface area contributed by atoms with Crippen LogP contribution in [0.2, 0.25) is 0 Å². The molecule has 0 atom stereocenters. The van der Waals surface area contributed by atoms with E-state index in [1.165, 1.54) is 0 Å². The van der Waals surface area contributed by atoms with Crippen LogP contribution in [0, 0.1) is 0 Å². The molecule has 0 saturated carbocycles. The van der Waals surface area contributed by atoms with Crippen molar-refractivity contribution in [2.45, 2.75) is 6.92 Å². The first-order valence-corrected chi connectivity index (χ1v) is 7.38. The van der Waals surface area contributed by atoms with E-state index < -0.39 is 21.5 Å². The summed E-state index contributed by atoms with van der Waals surface area (Å²) in [5.41, 5.74) is 0.733. The molecule has 9 heteroatoms. The summed E-state index contributed by atoms with van der Waals surface area (Å²) < 4.78 is 21.7. The van der Waals surface area contributed by atoms with Crippen LogP contribution in [-0.2, 0) is 14.6 Å². The number of aromatic nitrogens is 1. The number of carbonyl (C=O) groups is 1. The summed E-state index contributed by atoms with van der Waals surface area (Å²) in [6.07, 6.45) is 0.975. The van der Waals surface area contributed by atoms with Crippen LogP contribution in [0.25, 0.3) is 0 Å². The van der Waals surface area contributed by atoms with Gasteiger partial charge in [-0.1, -0.05) is 5.16 Å². The minimum Gasteiger partial charge on any atom is -0.411 e. The van der Waals surface area contributed by atoms with Gasteiger partial charge in [-0.2, -0.15) is 0 Å². The third-order valence-electron chi connectivity index (χ3n) is 1.66. The number of hydrogen-bond acceptors (Lipinski definition) is 7. The number of nitrogens with zero attached hydrogens (tertiary/aromatic N) is 2. The smallest absolute Gasteiger partial charge is 0.241 e. The lowest BCUT2D eigenvalue weighted by atomic mass is 10.3. The Kier molecular flexibility index (Phi) is 4.18. The first kappa shape index (κ1) is 13.6. The zero-order valence-corrected chi connectivity index (χ0v) is 10.8. The van der Waals surface area contributed by atoms with Crippen molar-refractivity contribution < 1.29 is 18.4 Å². The number of carbonyl (C=O) groups excluding carboxylic acids is 1. The Hall–Kier alpha value is -1.48. The van der Waals surface area contributed by atoms with Crippen molar-refractivity contribution in [3.05, 3.63) is 11.1 Å². The zero-order chi connectivity index (χ0) is 13.1. The molecule has 0 aliphatic carbocycles. The summed E-state index contributed by atoms with van der Waals surface area (Å²) in [4.78, 5) is 15.2. The van der Waals surface area contributed by atoms with Crippen LogP contribution in [-0.4, -0.2) is 42.2 Å². The Morgan fingerprint density at radius 1 is 1.65 bits per heavy atom. The molecule has 7 nitrogen and oxygen atoms in total. The van der Waals surface area contributed by atoms with E-state index in [2.05, 4.69) is 15.5 Å². The lowest BCUT2D eigenvalue weighted by molar-refractivity contribution is -0.113. The van der Waals surface area contributed by atoms with Crippen molar-refractivity contribution in [1.82, 2.24) is 4.98 Å². The first-order chi connectivity index (χ1) is 7.81. The standard InChI is InChI=1S/C8H11N3O4S2/c1-5(11-13)6-3-16-8(9-6)10-7(12)4-17(2,14)15/h3,13H,4H2,1-2H3,(H,9,10,12). The van der Waals surface area contributed by atoms with E-state index in [1.54, 1.807) is 12.3 Å². The van der Waals surface area contributed by atoms with E-state index in [4.69, 9.17) is 5.21 Å². The molecule has 0 aliphatic heterocycles. The Balaban J connectivity index is 2.71. The maximum atomic E-state index is 11.3. The molecule has 1 amide bonds. The van der Waals surface area contributed by atoms with Gasteiger partial charge in [-0.25, -0.2) is 13.4 Å². The van der Waals surface area contributed by atoms with Gasteiger partial charge in [0.05, 0.1) is 0 Å². The van der Waals surface area contributed by atoms with Gasteiger partial charge >= 0.3 is 0 Å². The van der Waals surface area contributed by atoms with Crippen LogP contribution in [0.1, 0.15) is 12.6 Å². The molecule has 0 saturated heterocycles. The van der Waals surface area contributed by atoms with Crippen LogP contribution in [0.15, 0.2) is 10.5 Å². The second-order valence-electron chi connectivity index (χ2n) is 3.34. The number of thiazole rings is 1. The molecule has 0 aliphatic rings. The number of nitrogens with one attached hydrogen (secondary N) is 1. The van der Waals surface area contributed by atoms with Crippen LogP contribution in [0.4, 0.5) is 5.13 Å². The number of hydrogen-bond donors (Lipinski definition) is 2. The van der Waals surface area contributed by atoms with Gasteiger partial charge in [-0.3, -0.25) is 4.79 Å². The third-order valence-corrected chi connectivity index (χ3v) is 3.21. The fourth-order valence-electron chi connectivity index (χ4n) is 0.942. The quantitative estimate of drug-likeness (QED) is 0.468. The lowest BCUT2D eigenvalue weighted by Gasteiger charge is -1.99. The van der Waals surface area contributed by atoms with Gasteiger partial charge in [0.2, 0.25) is 5.91 Å². The molecule has 0 unspecified atom stereocenters. The lowest BCUT2D eigenvalue weighted by Crippen LogP contribution is -2.21. The van der Waals surface area contributed by atoms with Crippen LogP contribution in [0.3, 0.4) is 0 Å². The summed E-state index contributed by atoms with van der Waals surface area (Å²) in [7, 11) is -3.36. The molecule has 0 aromatic carbocycles. The van der Waals surface area contributed by atoms with Crippen molar-refractivity contribution in [3.63, 3.8) is 0 Å². The van der Waals surface area contributed by atoms with Crippen molar-refractivity contribution >= 4 is 37.9 Å². The topological polar surface area (TPSA) is 109 Å². The van der Waals surface area contributed by atoms with E-state index in [0.29, 0.717) is 11.4 Å². The second-order valence-corrected chi connectivity index (χ2v) is 6.34. The number of amides is 1. The van der Waals surface area contributed by atoms with Crippen molar-refractivity contribution in [2.24, 2.45) is 5.16 Å². The summed E-state index contributed by atoms with van der Waals surface area (Å²) in [5.74, 6) is -1.23. The highest BCUT2D eigenvalue weighted by Crippen LogP contribution is 2.15. The van der Waals surface area contributed by atoms with E-state index in [9.17, 15) is 13.2 Å². The monoisotopic (exact) mass is 277 g/mol. The van der Waals surface area contributed by atoms with Gasteiger partial charge in [0, 0.05) is 11.6 Å². The summed E-state index contributed by atoms with van der Waals surface area (Å²) in [6.45, 7) is 1.55. The molecule has 94 valence electrons. The Labute approximate surface area is 102 Å². The van der Waals surface area contributed by atoms with Crippen molar-refractivity contribution in [3.8, 4) is 0 Å². The van der Waals surface area contributed by atoms with Gasteiger partial charge in [-0.05, 0) is 6.92 Å². The predicted molar refractivity (Wildman–Crippen MR) is 64.5 cm³/mol. The zero-order valence-electron chi connectivity index (χ0n) is 9.17. The van der Waals surface area contributed by atoms with E-state index in [-0.39, 0.29) is 5.13 Å². The van der Waals surface area contributed by atoms with E-state index in [1.807, 2.05) is 0 Å². The van der Waals surface area contributed by atoms with E-state index >= 15 is 0 Å². The second kappa shape index (κ2) is 5.23. The molecule has 0 spiro atoms. The molecule has 1 aromatic heterocycles. The van der Waals surface area contributed by atoms with Gasteiger partial charge < -0.3 is 10.5 Å². The fourth-order valence-corrected chi connectivity index (χ4v) is 2.26. The minimum absolute atomic E-state index is 0.261. The molecule has 0 bridgehead atoms. The van der Waals surface area contributed by atoms with Gasteiger partial charge in [0.25, 0.3) is 0 Å². The fraction of sp³-hybridized carbons (Fsp3) is 0.375. The molecule has 0 fully saturated rings. The largest absolute Gasteiger partial charge is 0.411 e. The van der Waals surface area contributed by atoms with Crippen molar-refractivity contribution in [1.29, 1.82) is 0 Å². The molecule has 1 rings (SSSR count). The average molecular weight is 277 g/mol. The first-order valence-electron chi connectivity index (χ1n) is 4.44. The molecule has 2 N–H and O–H groups in total. The molecule has 17 heavy (non-hydrogen) atoms. The van der Waals surface area contributed by atoms with Crippen LogP contribution in [0.5, 0.6) is 0 Å². The third kappa shape index (κ3) is 4.49. The Bertz CT molecular complexity index is 547. The average Bonchev–Trinajstić information content (AvgIpc) is 2.62. The van der Waals surface area contributed by atoms with Crippen LogP contribution < -0.4 is 5.32 Å². The molecule has 1 heterocycles. The molecule has 1 aromatic rings. The number of oxime groups is 1. The number of sulfone groups is 1. The van der Waals surface area contributed by atoms with Gasteiger partial charge in [0.15, 0.2) is 15.0 Å². The predicted octanol–water partition coefficient (Wildman–Crippen LogP) is 0.324. The number of rotatable bonds is 4. The highest BCUT2D eigenvalue weighted by molar-refractivity contribution is 7.91. The molecular weight excluding hydrogens is 266 g/mol. The maximum Gasteiger partial charge on any atom is 0.241 e. The highest BCUT2D eigenvalue weighted by atomic mass is 32.2. The van der Waals surface area contributed by atoms with Crippen molar-refractivity contribution in [2.75, 3.05) is 17.3 Å². The summed E-state index contributed by atoms with van der Waals surface area (Å²) in [6, 6.07) is 0. The molecule has 0 radical (unpaired) electrons. The molecular formula is C8H11N3O4S2. The minimum atomic E-state index is -3.36. The summed E-state index contributed by atoms with van der Waals surface area (Å²) >= 11 is 1.12.